The summed E-state index contributed by atoms with van der Waals surface area (Å²) < 4.78 is 51.6. The molecular formula is C43H50F3N3O6. The van der Waals surface area contributed by atoms with E-state index < -0.39 is 59.8 Å². The Kier molecular flexibility index (Phi) is 13.4. The van der Waals surface area contributed by atoms with Gasteiger partial charge in [0.15, 0.2) is 0 Å². The van der Waals surface area contributed by atoms with Crippen LogP contribution in [0.15, 0.2) is 97.1 Å². The minimum atomic E-state index is -4.58. The normalized spacial score (nSPS) is 13.5. The van der Waals surface area contributed by atoms with Crippen molar-refractivity contribution in [1.29, 1.82) is 0 Å². The topological polar surface area (TPSA) is 96.5 Å². The number of nitrogens with zero attached hydrogens (tertiary/aromatic N) is 3. The first-order valence-electron chi connectivity index (χ1n) is 18.0. The molecule has 0 aromatic heterocycles. The van der Waals surface area contributed by atoms with Crippen LogP contribution in [-0.4, -0.2) is 90.1 Å². The van der Waals surface area contributed by atoms with Crippen molar-refractivity contribution in [1.82, 2.24) is 14.7 Å². The summed E-state index contributed by atoms with van der Waals surface area (Å²) in [5, 5.41) is 0. The van der Waals surface area contributed by atoms with Crippen molar-refractivity contribution in [3.05, 3.63) is 119 Å². The fraction of sp³-hybridized carbons (Fsp3) is 0.395. The van der Waals surface area contributed by atoms with Crippen LogP contribution in [0.2, 0.25) is 0 Å². The minimum absolute atomic E-state index is 0.00511. The second-order valence-electron chi connectivity index (χ2n) is 15.2. The standard InChI is InChI=1S/C43H50F3N3O6/c1-27(2)22-36(48(9)41(53)54-26-35-33-16-12-10-14-31(33)32-15-11-13-17-34(32)35)40(52)49(24-28(3)4)37(23-29-18-20-30(21-19-29)43(44,45)46)39(51)47(8)25-38(50)55-42(5,6)7/h10-21,35-37H,1,3,22-26H2,2,4-9H3/t36-,37-/m0/s1. The van der Waals surface area contributed by atoms with Crippen molar-refractivity contribution in [2.75, 3.05) is 33.8 Å². The van der Waals surface area contributed by atoms with Crippen LogP contribution in [0, 0.1) is 0 Å². The maximum atomic E-state index is 14.8. The van der Waals surface area contributed by atoms with Gasteiger partial charge in [0, 0.05) is 33.0 Å². The number of rotatable bonds is 14. The van der Waals surface area contributed by atoms with Crippen molar-refractivity contribution in [2.24, 2.45) is 0 Å². The molecule has 2 atom stereocenters. The number of amides is 3. The van der Waals surface area contributed by atoms with E-state index in [9.17, 15) is 32.3 Å². The van der Waals surface area contributed by atoms with E-state index in [1.807, 2.05) is 48.5 Å². The summed E-state index contributed by atoms with van der Waals surface area (Å²) in [4.78, 5) is 59.2. The van der Waals surface area contributed by atoms with Gasteiger partial charge in [0.25, 0.3) is 0 Å². The van der Waals surface area contributed by atoms with Crippen molar-refractivity contribution >= 4 is 23.9 Å². The van der Waals surface area contributed by atoms with Gasteiger partial charge in [-0.05, 0) is 81.0 Å². The molecule has 0 saturated carbocycles. The zero-order valence-electron chi connectivity index (χ0n) is 32.5. The molecule has 0 heterocycles. The fourth-order valence-corrected chi connectivity index (χ4v) is 6.65. The Hall–Kier alpha value is -5.39. The lowest BCUT2D eigenvalue weighted by Gasteiger charge is -2.38. The van der Waals surface area contributed by atoms with Crippen molar-refractivity contribution in [3.8, 4) is 11.1 Å². The molecule has 294 valence electrons. The summed E-state index contributed by atoms with van der Waals surface area (Å²) in [6.45, 7) is 15.8. The smallest absolute Gasteiger partial charge is 0.416 e. The molecule has 0 unspecified atom stereocenters. The molecule has 0 aliphatic heterocycles. The van der Waals surface area contributed by atoms with Crippen molar-refractivity contribution in [2.45, 2.75) is 77.2 Å². The van der Waals surface area contributed by atoms with E-state index in [1.165, 1.54) is 36.0 Å². The van der Waals surface area contributed by atoms with Gasteiger partial charge in [-0.1, -0.05) is 78.4 Å². The first-order chi connectivity index (χ1) is 25.7. The highest BCUT2D eigenvalue weighted by Crippen LogP contribution is 2.44. The second kappa shape index (κ2) is 17.4. The molecule has 9 nitrogen and oxygen atoms in total. The third-order valence-electron chi connectivity index (χ3n) is 9.18. The van der Waals surface area contributed by atoms with Crippen molar-refractivity contribution < 1.29 is 41.8 Å². The van der Waals surface area contributed by atoms with Crippen LogP contribution >= 0.6 is 0 Å². The zero-order chi connectivity index (χ0) is 40.8. The Morgan fingerprint density at radius 2 is 1.31 bits per heavy atom. The number of likely N-dealkylation sites (N-methyl/N-ethyl adjacent to an activating group) is 2. The van der Waals surface area contributed by atoms with Crippen LogP contribution < -0.4 is 0 Å². The largest absolute Gasteiger partial charge is 0.459 e. The van der Waals surface area contributed by atoms with Gasteiger partial charge in [0.1, 0.15) is 30.8 Å². The maximum Gasteiger partial charge on any atom is 0.416 e. The molecule has 3 amide bonds. The van der Waals surface area contributed by atoms with Gasteiger partial charge in [0.05, 0.1) is 5.56 Å². The Morgan fingerprint density at radius 1 is 0.764 bits per heavy atom. The number of benzene rings is 3. The number of ether oxygens (including phenoxy) is 2. The third kappa shape index (κ3) is 10.9. The van der Waals surface area contributed by atoms with E-state index >= 15 is 0 Å². The van der Waals surface area contributed by atoms with Gasteiger partial charge in [-0.2, -0.15) is 13.2 Å². The molecule has 0 fully saturated rings. The summed E-state index contributed by atoms with van der Waals surface area (Å²) in [7, 11) is 2.81. The van der Waals surface area contributed by atoms with Gasteiger partial charge in [0.2, 0.25) is 11.8 Å². The van der Waals surface area contributed by atoms with Gasteiger partial charge in [-0.15, -0.1) is 6.58 Å². The molecule has 3 aromatic rings. The molecule has 12 heteroatoms. The highest BCUT2D eigenvalue weighted by atomic mass is 19.4. The number of halogens is 3. The lowest BCUT2D eigenvalue weighted by molar-refractivity contribution is -0.159. The average molecular weight is 762 g/mol. The van der Waals surface area contributed by atoms with E-state index in [0.29, 0.717) is 16.7 Å². The molecule has 0 bridgehead atoms. The Balaban J connectivity index is 1.66. The van der Waals surface area contributed by atoms with Crippen LogP contribution in [0.5, 0.6) is 0 Å². The maximum absolute atomic E-state index is 14.8. The van der Waals surface area contributed by atoms with Gasteiger partial charge >= 0.3 is 18.2 Å². The molecule has 0 saturated heterocycles. The van der Waals surface area contributed by atoms with E-state index in [2.05, 4.69) is 13.2 Å². The first-order valence-corrected chi connectivity index (χ1v) is 18.0. The van der Waals surface area contributed by atoms with E-state index in [1.54, 1.807) is 34.6 Å². The summed E-state index contributed by atoms with van der Waals surface area (Å²) >= 11 is 0. The molecule has 0 spiro atoms. The van der Waals surface area contributed by atoms with Crippen LogP contribution in [-0.2, 0) is 36.5 Å². The Labute approximate surface area is 321 Å². The number of hydrogen-bond donors (Lipinski definition) is 0. The molecule has 4 rings (SSSR count). The predicted octanol–water partition coefficient (Wildman–Crippen LogP) is 8.04. The first kappa shape index (κ1) is 42.4. The quantitative estimate of drug-likeness (QED) is 0.122. The van der Waals surface area contributed by atoms with Gasteiger partial charge < -0.3 is 19.3 Å². The summed E-state index contributed by atoms with van der Waals surface area (Å²) in [6.07, 6.45) is -5.54. The second-order valence-corrected chi connectivity index (χ2v) is 15.2. The SMILES string of the molecule is C=C(C)C[C@@H](C(=O)N(CC(=C)C)[C@@H](Cc1ccc(C(F)(F)F)cc1)C(=O)N(C)CC(=O)OC(C)(C)C)N(C)C(=O)OCC1c2ccccc2-c2ccccc21. The Morgan fingerprint density at radius 3 is 1.80 bits per heavy atom. The average Bonchev–Trinajstić information content (AvgIpc) is 3.42. The van der Waals surface area contributed by atoms with Crippen molar-refractivity contribution in [3.63, 3.8) is 0 Å². The number of hydrogen-bond acceptors (Lipinski definition) is 6. The predicted molar refractivity (Wildman–Crippen MR) is 205 cm³/mol. The number of carbonyl (C=O) groups is 4. The lowest BCUT2D eigenvalue weighted by atomic mass is 9.98. The number of carbonyl (C=O) groups excluding carboxylic acids is 4. The Bertz CT molecular complexity index is 1870. The fourth-order valence-electron chi connectivity index (χ4n) is 6.65. The monoisotopic (exact) mass is 761 g/mol. The molecule has 55 heavy (non-hydrogen) atoms. The molecule has 1 aliphatic rings. The molecular weight excluding hydrogens is 711 g/mol. The minimum Gasteiger partial charge on any atom is -0.459 e. The van der Waals surface area contributed by atoms with E-state index in [4.69, 9.17) is 9.47 Å². The zero-order valence-corrected chi connectivity index (χ0v) is 32.5. The lowest BCUT2D eigenvalue weighted by Crippen LogP contribution is -2.58. The van der Waals surface area contributed by atoms with Crippen LogP contribution in [0.1, 0.15) is 69.2 Å². The highest BCUT2D eigenvalue weighted by Gasteiger charge is 2.40. The van der Waals surface area contributed by atoms with Crippen LogP contribution in [0.25, 0.3) is 11.1 Å². The molecule has 1 aliphatic carbocycles. The number of fused-ring (bicyclic) bond motifs is 3. The van der Waals surface area contributed by atoms with E-state index in [-0.39, 0.29) is 31.9 Å². The molecule has 0 radical (unpaired) electrons. The molecule has 3 aromatic carbocycles. The summed E-state index contributed by atoms with van der Waals surface area (Å²) in [6, 6.07) is 17.6. The highest BCUT2D eigenvalue weighted by molar-refractivity contribution is 5.93. The summed E-state index contributed by atoms with van der Waals surface area (Å²) in [5.74, 6) is -2.23. The third-order valence-corrected chi connectivity index (χ3v) is 9.18. The van der Waals surface area contributed by atoms with Crippen LogP contribution in [0.4, 0.5) is 18.0 Å². The van der Waals surface area contributed by atoms with Gasteiger partial charge in [-0.25, -0.2) is 4.79 Å². The number of esters is 1. The molecule has 0 N–H and O–H groups in total. The van der Waals surface area contributed by atoms with E-state index in [0.717, 1.165) is 39.3 Å². The van der Waals surface area contributed by atoms with Crippen LogP contribution in [0.3, 0.4) is 0 Å². The summed E-state index contributed by atoms with van der Waals surface area (Å²) in [5.41, 5.74) is 3.83. The van der Waals surface area contributed by atoms with Gasteiger partial charge in [-0.3, -0.25) is 19.3 Å². The number of alkyl halides is 3.